The van der Waals surface area contributed by atoms with Crippen LogP contribution in [0.4, 0.5) is 5.69 Å². The Morgan fingerprint density at radius 2 is 2.00 bits per heavy atom. The first-order chi connectivity index (χ1) is 7.00. The zero-order valence-electron chi connectivity index (χ0n) is 7.91. The van der Waals surface area contributed by atoms with Gasteiger partial charge in [0.15, 0.2) is 0 Å². The summed E-state index contributed by atoms with van der Waals surface area (Å²) in [6.07, 6.45) is -1.22. The van der Waals surface area contributed by atoms with Crippen LogP contribution in [0.5, 0.6) is 5.75 Å². The summed E-state index contributed by atoms with van der Waals surface area (Å²) < 4.78 is 4.70. The van der Waals surface area contributed by atoms with E-state index in [-0.39, 0.29) is 11.4 Å². The van der Waals surface area contributed by atoms with Crippen LogP contribution < -0.4 is 4.74 Å². The van der Waals surface area contributed by atoms with Crippen molar-refractivity contribution in [1.29, 1.82) is 0 Å². The number of hydrogen-bond donors (Lipinski definition) is 1. The summed E-state index contributed by atoms with van der Waals surface area (Å²) in [5, 5.41) is 19.1. The van der Waals surface area contributed by atoms with Crippen LogP contribution in [0.3, 0.4) is 0 Å². The van der Waals surface area contributed by atoms with E-state index in [1.54, 1.807) is 0 Å². The van der Waals surface area contributed by atoms with Crippen molar-refractivity contribution in [3.63, 3.8) is 0 Å². The molecule has 1 rings (SSSR count). The van der Waals surface area contributed by atoms with Crippen molar-refractivity contribution in [1.82, 2.24) is 0 Å². The lowest BCUT2D eigenvalue weighted by molar-refractivity contribution is -0.384. The molecule has 0 bridgehead atoms. The van der Waals surface area contributed by atoms with Gasteiger partial charge < -0.3 is 9.84 Å². The number of carbonyl (C=O) groups excluding carboxylic acids is 1. The van der Waals surface area contributed by atoms with Crippen LogP contribution >= 0.6 is 0 Å². The van der Waals surface area contributed by atoms with Crippen LogP contribution in [0.25, 0.3) is 0 Å². The topological polar surface area (TPSA) is 89.7 Å². The van der Waals surface area contributed by atoms with Gasteiger partial charge in [0, 0.05) is 12.1 Å². The molecule has 15 heavy (non-hydrogen) atoms. The van der Waals surface area contributed by atoms with E-state index >= 15 is 0 Å². The highest BCUT2D eigenvalue weighted by Gasteiger charge is 2.12. The molecule has 0 aliphatic heterocycles. The van der Waals surface area contributed by atoms with Gasteiger partial charge in [0.05, 0.1) is 4.92 Å². The van der Waals surface area contributed by atoms with E-state index in [1.165, 1.54) is 31.2 Å². The Morgan fingerprint density at radius 3 is 2.40 bits per heavy atom. The largest absolute Gasteiger partial charge is 0.425 e. The van der Waals surface area contributed by atoms with Gasteiger partial charge in [-0.3, -0.25) is 10.1 Å². The second-order valence-corrected chi connectivity index (χ2v) is 2.85. The third-order valence-corrected chi connectivity index (χ3v) is 1.61. The Kier molecular flexibility index (Phi) is 3.35. The molecular weight excluding hydrogens is 202 g/mol. The highest BCUT2D eigenvalue weighted by molar-refractivity contribution is 5.76. The average molecular weight is 211 g/mol. The lowest BCUT2D eigenvalue weighted by Crippen LogP contribution is -2.22. The monoisotopic (exact) mass is 211 g/mol. The summed E-state index contributed by atoms with van der Waals surface area (Å²) in [7, 11) is 0. The first-order valence-electron chi connectivity index (χ1n) is 4.15. The van der Waals surface area contributed by atoms with E-state index < -0.39 is 17.0 Å². The van der Waals surface area contributed by atoms with E-state index in [9.17, 15) is 14.9 Å². The Labute approximate surface area is 85.2 Å². The minimum absolute atomic E-state index is 0.0909. The lowest BCUT2D eigenvalue weighted by atomic mass is 10.3. The number of aliphatic hydroxyl groups excluding tert-OH is 1. The van der Waals surface area contributed by atoms with Gasteiger partial charge in [0.2, 0.25) is 0 Å². The maximum Gasteiger partial charge on any atom is 0.340 e. The lowest BCUT2D eigenvalue weighted by Gasteiger charge is -2.04. The molecule has 0 radical (unpaired) electrons. The molecule has 6 nitrogen and oxygen atoms in total. The number of carbonyl (C=O) groups is 1. The predicted octanol–water partition coefficient (Wildman–Crippen LogP) is 0.881. The summed E-state index contributed by atoms with van der Waals surface area (Å²) in [5.74, 6) is -0.643. The van der Waals surface area contributed by atoms with Crippen molar-refractivity contribution >= 4 is 11.7 Å². The van der Waals surface area contributed by atoms with Crippen LogP contribution in [0.2, 0.25) is 0 Å². The number of nitrogens with zero attached hydrogens (tertiary/aromatic N) is 1. The van der Waals surface area contributed by atoms with Crippen molar-refractivity contribution in [2.45, 2.75) is 13.0 Å². The van der Waals surface area contributed by atoms with Crippen LogP contribution in [0, 0.1) is 10.1 Å². The number of non-ortho nitro benzene ring substituents is 1. The Hall–Kier alpha value is -1.95. The Morgan fingerprint density at radius 1 is 1.47 bits per heavy atom. The number of esters is 1. The number of nitro groups is 1. The van der Waals surface area contributed by atoms with Crippen molar-refractivity contribution in [3.05, 3.63) is 34.4 Å². The van der Waals surface area contributed by atoms with Crippen molar-refractivity contribution in [2.24, 2.45) is 0 Å². The van der Waals surface area contributed by atoms with E-state index in [2.05, 4.69) is 0 Å². The number of ether oxygens (including phenoxy) is 1. The van der Waals surface area contributed by atoms with Crippen molar-refractivity contribution < 1.29 is 19.6 Å². The van der Waals surface area contributed by atoms with Gasteiger partial charge in [0.1, 0.15) is 11.9 Å². The van der Waals surface area contributed by atoms with Crippen LogP contribution in [0.1, 0.15) is 6.92 Å². The zero-order valence-corrected chi connectivity index (χ0v) is 7.91. The molecule has 0 spiro atoms. The van der Waals surface area contributed by atoms with Gasteiger partial charge in [-0.25, -0.2) is 4.79 Å². The fourth-order valence-electron chi connectivity index (χ4n) is 0.837. The first-order valence-corrected chi connectivity index (χ1v) is 4.15. The number of rotatable bonds is 3. The normalized spacial score (nSPS) is 11.9. The first kappa shape index (κ1) is 11.1. The Balaban J connectivity index is 2.73. The second-order valence-electron chi connectivity index (χ2n) is 2.85. The standard InChI is InChI=1S/C9H9NO5/c1-6(11)9(12)15-8-4-2-7(3-5-8)10(13)14/h2-6,11H,1H3/t6-/m0/s1. The summed E-state index contributed by atoms with van der Waals surface area (Å²) in [4.78, 5) is 20.7. The minimum atomic E-state index is -1.22. The summed E-state index contributed by atoms with van der Waals surface area (Å²) >= 11 is 0. The molecule has 0 aliphatic carbocycles. The second kappa shape index (κ2) is 4.52. The number of hydrogen-bond acceptors (Lipinski definition) is 5. The quantitative estimate of drug-likeness (QED) is 0.347. The number of nitro benzene ring substituents is 1. The zero-order chi connectivity index (χ0) is 11.4. The van der Waals surface area contributed by atoms with Gasteiger partial charge in [0.25, 0.3) is 5.69 Å². The third kappa shape index (κ3) is 3.03. The van der Waals surface area contributed by atoms with Crippen LogP contribution in [-0.2, 0) is 4.79 Å². The molecule has 1 atom stereocenters. The molecule has 0 heterocycles. The van der Waals surface area contributed by atoms with E-state index in [1.807, 2.05) is 0 Å². The fraction of sp³-hybridized carbons (Fsp3) is 0.222. The highest BCUT2D eigenvalue weighted by atomic mass is 16.6. The minimum Gasteiger partial charge on any atom is -0.425 e. The van der Waals surface area contributed by atoms with Gasteiger partial charge >= 0.3 is 5.97 Å². The highest BCUT2D eigenvalue weighted by Crippen LogP contribution is 2.17. The van der Waals surface area contributed by atoms with Gasteiger partial charge in [-0.05, 0) is 19.1 Å². The smallest absolute Gasteiger partial charge is 0.340 e. The van der Waals surface area contributed by atoms with Crippen molar-refractivity contribution in [2.75, 3.05) is 0 Å². The molecule has 0 aromatic heterocycles. The van der Waals surface area contributed by atoms with Crippen molar-refractivity contribution in [3.8, 4) is 5.75 Å². The molecule has 6 heteroatoms. The number of benzene rings is 1. The summed E-state index contributed by atoms with van der Waals surface area (Å²) in [6.45, 7) is 1.27. The fourth-order valence-corrected chi connectivity index (χ4v) is 0.837. The maximum atomic E-state index is 10.9. The van der Waals surface area contributed by atoms with E-state index in [0.29, 0.717) is 0 Å². The molecule has 0 fully saturated rings. The van der Waals surface area contributed by atoms with Crippen LogP contribution in [-0.4, -0.2) is 22.1 Å². The van der Waals surface area contributed by atoms with Gasteiger partial charge in [-0.15, -0.1) is 0 Å². The molecule has 0 saturated carbocycles. The molecule has 0 saturated heterocycles. The molecule has 1 aromatic carbocycles. The number of aliphatic hydroxyl groups is 1. The van der Waals surface area contributed by atoms with E-state index in [4.69, 9.17) is 9.84 Å². The molecule has 0 amide bonds. The van der Waals surface area contributed by atoms with Gasteiger partial charge in [-0.2, -0.15) is 0 Å². The van der Waals surface area contributed by atoms with Gasteiger partial charge in [-0.1, -0.05) is 0 Å². The maximum absolute atomic E-state index is 10.9. The molecule has 0 aliphatic rings. The van der Waals surface area contributed by atoms with Crippen LogP contribution in [0.15, 0.2) is 24.3 Å². The molecule has 1 aromatic rings. The summed E-state index contributed by atoms with van der Waals surface area (Å²) in [6, 6.07) is 5.01. The molecule has 80 valence electrons. The Bertz CT molecular complexity index is 371. The SMILES string of the molecule is C[C@H](O)C(=O)Oc1ccc([N+](=O)[O-])cc1. The average Bonchev–Trinajstić information content (AvgIpc) is 2.18. The van der Waals surface area contributed by atoms with E-state index in [0.717, 1.165) is 0 Å². The predicted molar refractivity (Wildman–Crippen MR) is 50.4 cm³/mol. The molecule has 1 N–H and O–H groups in total. The third-order valence-electron chi connectivity index (χ3n) is 1.61. The molecular formula is C9H9NO5. The summed E-state index contributed by atoms with van der Waals surface area (Å²) in [5.41, 5.74) is -0.0909. The molecule has 0 unspecified atom stereocenters.